The molecule has 2 aliphatic rings. The van der Waals surface area contributed by atoms with Crippen LogP contribution < -0.4 is 15.4 Å². The number of hydrogen-bond acceptors (Lipinski definition) is 4. The predicted molar refractivity (Wildman–Crippen MR) is 104 cm³/mol. The zero-order valence-electron chi connectivity index (χ0n) is 14.9. The zero-order valence-corrected chi connectivity index (χ0v) is 15.7. The Kier molecular flexibility index (Phi) is 4.88. The van der Waals surface area contributed by atoms with Crippen LogP contribution in [0.25, 0.3) is 0 Å². The fourth-order valence-corrected chi connectivity index (χ4v) is 5.03. The number of anilines is 1. The Morgan fingerprint density at radius 1 is 0.926 bits per heavy atom. The molecule has 1 amide bonds. The van der Waals surface area contributed by atoms with Crippen molar-refractivity contribution in [3.05, 3.63) is 60.2 Å². The molecule has 0 spiro atoms. The first-order valence-corrected chi connectivity index (χ1v) is 10.7. The highest BCUT2D eigenvalue weighted by atomic mass is 32.2. The molecule has 2 unspecified atom stereocenters. The molecule has 0 aliphatic carbocycles. The van der Waals surface area contributed by atoms with Gasteiger partial charge in [-0.1, -0.05) is 18.2 Å². The molecule has 2 aromatic rings. The van der Waals surface area contributed by atoms with E-state index < -0.39 is 10.0 Å². The van der Waals surface area contributed by atoms with Gasteiger partial charge in [0.2, 0.25) is 0 Å². The van der Waals surface area contributed by atoms with Crippen LogP contribution in [0.15, 0.2) is 59.5 Å². The third-order valence-corrected chi connectivity index (χ3v) is 6.66. The van der Waals surface area contributed by atoms with Gasteiger partial charge in [0.05, 0.1) is 4.90 Å². The number of piperidine rings is 1. The standard InChI is InChI=1S/C20H23N3O3S/c24-20(22-18-12-16-10-11-17(13-18)21-16)14-6-8-15(9-7-14)23-27(25,26)19-4-2-1-3-5-19/h1-9,16-18,21,23H,10-13H2,(H,22,24). The predicted octanol–water partition coefficient (Wildman–Crippen LogP) is 2.50. The van der Waals surface area contributed by atoms with Gasteiger partial charge in [0.25, 0.3) is 15.9 Å². The quantitative estimate of drug-likeness (QED) is 0.738. The number of fused-ring (bicyclic) bond motifs is 2. The summed E-state index contributed by atoms with van der Waals surface area (Å²) in [5.41, 5.74) is 0.957. The van der Waals surface area contributed by atoms with Crippen molar-refractivity contribution in [2.75, 3.05) is 4.72 Å². The third-order valence-electron chi connectivity index (χ3n) is 5.26. The number of carbonyl (C=O) groups is 1. The smallest absolute Gasteiger partial charge is 0.261 e. The van der Waals surface area contributed by atoms with Gasteiger partial charge in [-0.2, -0.15) is 0 Å². The van der Waals surface area contributed by atoms with E-state index in [1.807, 2.05) is 0 Å². The lowest BCUT2D eigenvalue weighted by atomic mass is 9.99. The van der Waals surface area contributed by atoms with Crippen LogP contribution in [0.1, 0.15) is 36.0 Å². The van der Waals surface area contributed by atoms with Crippen LogP contribution in [-0.2, 0) is 10.0 Å². The molecule has 7 heteroatoms. The first-order chi connectivity index (χ1) is 13.0. The second-order valence-electron chi connectivity index (χ2n) is 7.28. The van der Waals surface area contributed by atoms with Crippen LogP contribution in [0.3, 0.4) is 0 Å². The van der Waals surface area contributed by atoms with Gasteiger partial charge in [0.1, 0.15) is 0 Å². The largest absolute Gasteiger partial charge is 0.349 e. The highest BCUT2D eigenvalue weighted by Crippen LogP contribution is 2.27. The van der Waals surface area contributed by atoms with Crippen molar-refractivity contribution in [1.82, 2.24) is 10.6 Å². The summed E-state index contributed by atoms with van der Waals surface area (Å²) in [4.78, 5) is 12.7. The van der Waals surface area contributed by atoms with Crippen LogP contribution >= 0.6 is 0 Å². The van der Waals surface area contributed by atoms with Gasteiger partial charge < -0.3 is 10.6 Å². The molecule has 2 aromatic carbocycles. The normalized spacial score (nSPS) is 24.4. The number of benzene rings is 2. The Bertz CT molecular complexity index is 901. The number of sulfonamides is 1. The van der Waals surface area contributed by atoms with Crippen LogP contribution in [0.4, 0.5) is 5.69 Å². The van der Waals surface area contributed by atoms with E-state index in [1.165, 1.54) is 25.0 Å². The van der Waals surface area contributed by atoms with Crippen LogP contribution in [-0.4, -0.2) is 32.5 Å². The molecular formula is C20H23N3O3S. The van der Waals surface area contributed by atoms with Gasteiger partial charge in [-0.15, -0.1) is 0 Å². The van der Waals surface area contributed by atoms with E-state index in [4.69, 9.17) is 0 Å². The molecule has 4 rings (SSSR count). The molecular weight excluding hydrogens is 362 g/mol. The molecule has 0 saturated carbocycles. The van der Waals surface area contributed by atoms with Gasteiger partial charge >= 0.3 is 0 Å². The molecule has 0 radical (unpaired) electrons. The molecule has 27 heavy (non-hydrogen) atoms. The molecule has 142 valence electrons. The molecule has 2 atom stereocenters. The second kappa shape index (κ2) is 7.32. The van der Waals surface area contributed by atoms with Crippen molar-refractivity contribution in [3.8, 4) is 0 Å². The number of rotatable bonds is 5. The second-order valence-corrected chi connectivity index (χ2v) is 8.96. The molecule has 2 fully saturated rings. The van der Waals surface area contributed by atoms with E-state index in [2.05, 4.69) is 15.4 Å². The highest BCUT2D eigenvalue weighted by molar-refractivity contribution is 7.92. The Morgan fingerprint density at radius 2 is 1.56 bits per heavy atom. The average molecular weight is 385 g/mol. The minimum Gasteiger partial charge on any atom is -0.349 e. The maximum atomic E-state index is 12.5. The third kappa shape index (κ3) is 4.14. The summed E-state index contributed by atoms with van der Waals surface area (Å²) in [5.74, 6) is -0.112. The zero-order chi connectivity index (χ0) is 18.9. The highest BCUT2D eigenvalue weighted by Gasteiger charge is 2.34. The molecule has 2 heterocycles. The molecule has 6 nitrogen and oxygen atoms in total. The van der Waals surface area contributed by atoms with Crippen molar-refractivity contribution in [2.45, 2.75) is 48.7 Å². The Balaban J connectivity index is 1.39. The topological polar surface area (TPSA) is 87.3 Å². The van der Waals surface area contributed by atoms with E-state index in [0.717, 1.165) is 12.8 Å². The summed E-state index contributed by atoms with van der Waals surface area (Å²) >= 11 is 0. The number of hydrogen-bond donors (Lipinski definition) is 3. The lowest BCUT2D eigenvalue weighted by Crippen LogP contribution is -2.48. The van der Waals surface area contributed by atoms with Gasteiger partial charge in [-0.05, 0) is 62.1 Å². The van der Waals surface area contributed by atoms with Crippen molar-refractivity contribution < 1.29 is 13.2 Å². The molecule has 2 bridgehead atoms. The molecule has 2 aliphatic heterocycles. The summed E-state index contributed by atoms with van der Waals surface area (Å²) in [5, 5.41) is 6.67. The van der Waals surface area contributed by atoms with Crippen molar-refractivity contribution in [3.63, 3.8) is 0 Å². The fraction of sp³-hybridized carbons (Fsp3) is 0.350. The SMILES string of the molecule is O=C(NC1CC2CCC(C1)N2)c1ccc(NS(=O)(=O)c2ccccc2)cc1. The van der Waals surface area contributed by atoms with Crippen LogP contribution in [0.2, 0.25) is 0 Å². The van der Waals surface area contributed by atoms with Gasteiger partial charge in [0, 0.05) is 29.4 Å². The number of nitrogens with one attached hydrogen (secondary N) is 3. The Morgan fingerprint density at radius 3 is 2.19 bits per heavy atom. The summed E-state index contributed by atoms with van der Waals surface area (Å²) in [6.07, 6.45) is 4.31. The van der Waals surface area contributed by atoms with Crippen molar-refractivity contribution in [2.24, 2.45) is 0 Å². The van der Waals surface area contributed by atoms with Crippen LogP contribution in [0, 0.1) is 0 Å². The van der Waals surface area contributed by atoms with Gasteiger partial charge in [-0.25, -0.2) is 8.42 Å². The van der Waals surface area contributed by atoms with E-state index >= 15 is 0 Å². The maximum Gasteiger partial charge on any atom is 0.261 e. The average Bonchev–Trinajstić information content (AvgIpc) is 3.01. The van der Waals surface area contributed by atoms with E-state index in [9.17, 15) is 13.2 Å². The Labute approximate surface area is 159 Å². The number of amides is 1. The lowest BCUT2D eigenvalue weighted by Gasteiger charge is -2.29. The summed E-state index contributed by atoms with van der Waals surface area (Å²) in [6.45, 7) is 0. The van der Waals surface area contributed by atoms with Gasteiger partial charge in [-0.3, -0.25) is 9.52 Å². The van der Waals surface area contributed by atoms with E-state index in [0.29, 0.717) is 23.3 Å². The first kappa shape index (κ1) is 18.0. The van der Waals surface area contributed by atoms with E-state index in [1.54, 1.807) is 42.5 Å². The molecule has 3 N–H and O–H groups in total. The van der Waals surface area contributed by atoms with Gasteiger partial charge in [0.15, 0.2) is 0 Å². The summed E-state index contributed by atoms with van der Waals surface area (Å²) in [6, 6.07) is 15.9. The summed E-state index contributed by atoms with van der Waals surface area (Å²) in [7, 11) is -3.63. The fourth-order valence-electron chi connectivity index (χ4n) is 3.95. The van der Waals surface area contributed by atoms with Crippen LogP contribution in [0.5, 0.6) is 0 Å². The monoisotopic (exact) mass is 385 g/mol. The minimum absolute atomic E-state index is 0.112. The first-order valence-electron chi connectivity index (χ1n) is 9.24. The maximum absolute atomic E-state index is 12.5. The summed E-state index contributed by atoms with van der Waals surface area (Å²) < 4.78 is 27.2. The molecule has 0 aromatic heterocycles. The van der Waals surface area contributed by atoms with Crippen molar-refractivity contribution >= 4 is 21.6 Å². The molecule has 2 saturated heterocycles. The minimum atomic E-state index is -3.63. The van der Waals surface area contributed by atoms with Crippen molar-refractivity contribution in [1.29, 1.82) is 0 Å². The Hall–Kier alpha value is -2.38. The van der Waals surface area contributed by atoms with E-state index in [-0.39, 0.29) is 16.8 Å². The lowest BCUT2D eigenvalue weighted by molar-refractivity contribution is 0.0924. The number of carbonyl (C=O) groups excluding carboxylic acids is 1.